The van der Waals surface area contributed by atoms with Gasteiger partial charge in [-0.3, -0.25) is 24.6 Å². The maximum absolute atomic E-state index is 13.0. The van der Waals surface area contributed by atoms with E-state index in [1.807, 2.05) is 6.07 Å². The van der Waals surface area contributed by atoms with Gasteiger partial charge in [-0.2, -0.15) is 0 Å². The van der Waals surface area contributed by atoms with Crippen LogP contribution in [-0.4, -0.2) is 46.7 Å². The quantitative estimate of drug-likeness (QED) is 0.544. The largest absolute Gasteiger partial charge is 0.489 e. The van der Waals surface area contributed by atoms with Crippen molar-refractivity contribution in [1.82, 2.24) is 15.1 Å². The first-order chi connectivity index (χ1) is 16.5. The lowest BCUT2D eigenvalue weighted by Crippen LogP contribution is -2.52. The average molecular weight is 464 g/mol. The minimum atomic E-state index is -0.627. The summed E-state index contributed by atoms with van der Waals surface area (Å²) in [6, 6.07) is 13.3. The van der Waals surface area contributed by atoms with Crippen molar-refractivity contribution in [3.63, 3.8) is 0 Å². The molecule has 7 heteroatoms. The van der Waals surface area contributed by atoms with Gasteiger partial charge in [-0.25, -0.2) is 0 Å². The Morgan fingerprint density at radius 3 is 2.38 bits per heavy atom. The molecule has 0 aromatic heterocycles. The summed E-state index contributed by atoms with van der Waals surface area (Å²) in [6.45, 7) is 8.28. The number of nitrogens with one attached hydrogen (secondary N) is 1. The molecule has 2 aliphatic rings. The van der Waals surface area contributed by atoms with Gasteiger partial charge in [0.15, 0.2) is 0 Å². The Morgan fingerprint density at radius 1 is 1.00 bits per heavy atom. The van der Waals surface area contributed by atoms with Crippen LogP contribution in [0.5, 0.6) is 5.75 Å². The highest BCUT2D eigenvalue weighted by Crippen LogP contribution is 2.34. The first kappa shape index (κ1) is 24.0. The number of imide groups is 1. The molecule has 0 radical (unpaired) electrons. The molecule has 0 bridgehead atoms. The summed E-state index contributed by atoms with van der Waals surface area (Å²) >= 11 is 0. The molecule has 1 saturated heterocycles. The van der Waals surface area contributed by atoms with Crippen LogP contribution in [0.15, 0.2) is 42.5 Å². The van der Waals surface area contributed by atoms with Gasteiger partial charge >= 0.3 is 0 Å². The molecule has 2 heterocycles. The maximum Gasteiger partial charge on any atom is 0.255 e. The van der Waals surface area contributed by atoms with Crippen LogP contribution in [-0.2, 0) is 29.3 Å². The molecule has 1 fully saturated rings. The fourth-order valence-corrected chi connectivity index (χ4v) is 4.75. The number of carbonyl (C=O) groups excluding carboxylic acids is 3. The Labute approximate surface area is 201 Å². The molecular weight excluding hydrogens is 430 g/mol. The molecule has 7 nitrogen and oxygen atoms in total. The summed E-state index contributed by atoms with van der Waals surface area (Å²) in [7, 11) is 0. The summed E-state index contributed by atoms with van der Waals surface area (Å²) in [5.74, 6) is -0.231. The van der Waals surface area contributed by atoms with E-state index in [1.54, 1.807) is 17.0 Å². The molecule has 180 valence electrons. The second kappa shape index (κ2) is 10.8. The van der Waals surface area contributed by atoms with Crippen molar-refractivity contribution in [1.29, 1.82) is 0 Å². The van der Waals surface area contributed by atoms with Crippen LogP contribution in [0.25, 0.3) is 0 Å². The third kappa shape index (κ3) is 5.30. The topological polar surface area (TPSA) is 79.0 Å². The Balaban J connectivity index is 1.40. The number of hydrogen-bond acceptors (Lipinski definition) is 5. The van der Waals surface area contributed by atoms with Crippen molar-refractivity contribution in [2.45, 2.75) is 65.3 Å². The molecular formula is C27H33N3O4. The van der Waals surface area contributed by atoms with Crippen molar-refractivity contribution in [2.75, 3.05) is 13.1 Å². The second-order valence-electron chi connectivity index (χ2n) is 9.06. The highest BCUT2D eigenvalue weighted by molar-refractivity contribution is 6.05. The van der Waals surface area contributed by atoms with Crippen LogP contribution in [0.2, 0.25) is 0 Å². The van der Waals surface area contributed by atoms with Crippen LogP contribution >= 0.6 is 0 Å². The molecule has 0 saturated carbocycles. The van der Waals surface area contributed by atoms with Gasteiger partial charge in [0.25, 0.3) is 5.91 Å². The van der Waals surface area contributed by atoms with E-state index in [0.29, 0.717) is 30.9 Å². The van der Waals surface area contributed by atoms with E-state index in [1.165, 1.54) is 5.56 Å². The highest BCUT2D eigenvalue weighted by Gasteiger charge is 2.40. The van der Waals surface area contributed by atoms with Crippen LogP contribution in [0.3, 0.4) is 0 Å². The third-order valence-electron chi connectivity index (χ3n) is 6.44. The molecule has 34 heavy (non-hydrogen) atoms. The van der Waals surface area contributed by atoms with E-state index in [0.717, 1.165) is 43.6 Å². The molecule has 1 atom stereocenters. The van der Waals surface area contributed by atoms with E-state index in [9.17, 15) is 14.4 Å². The minimum Gasteiger partial charge on any atom is -0.489 e. The van der Waals surface area contributed by atoms with Gasteiger partial charge in [-0.15, -0.1) is 0 Å². The van der Waals surface area contributed by atoms with Gasteiger partial charge in [0.1, 0.15) is 18.4 Å². The lowest BCUT2D eigenvalue weighted by molar-refractivity contribution is -0.136. The maximum atomic E-state index is 13.0. The highest BCUT2D eigenvalue weighted by atomic mass is 16.5. The minimum absolute atomic E-state index is 0.192. The molecule has 2 aromatic rings. The molecule has 3 amide bonds. The summed E-state index contributed by atoms with van der Waals surface area (Å²) in [6.07, 6.45) is 2.89. The molecule has 0 aliphatic carbocycles. The van der Waals surface area contributed by atoms with Crippen molar-refractivity contribution in [3.8, 4) is 5.75 Å². The summed E-state index contributed by atoms with van der Waals surface area (Å²) in [5.41, 5.74) is 3.70. The van der Waals surface area contributed by atoms with E-state index in [-0.39, 0.29) is 18.2 Å². The van der Waals surface area contributed by atoms with Gasteiger partial charge < -0.3 is 9.64 Å². The summed E-state index contributed by atoms with van der Waals surface area (Å²) < 4.78 is 6.12. The van der Waals surface area contributed by atoms with E-state index in [4.69, 9.17) is 4.74 Å². The Morgan fingerprint density at radius 2 is 1.71 bits per heavy atom. The Hall–Kier alpha value is -3.19. The summed E-state index contributed by atoms with van der Waals surface area (Å²) in [5, 5.41) is 2.34. The molecule has 1 N–H and O–H groups in total. The number of ether oxygens (including phenoxy) is 1. The van der Waals surface area contributed by atoms with Crippen LogP contribution in [0.4, 0.5) is 0 Å². The van der Waals surface area contributed by atoms with Gasteiger partial charge in [0.2, 0.25) is 11.8 Å². The Bertz CT molecular complexity index is 1040. The number of benzene rings is 2. The number of piperidine rings is 1. The molecule has 2 aliphatic heterocycles. The summed E-state index contributed by atoms with van der Waals surface area (Å²) in [4.78, 5) is 40.8. The monoisotopic (exact) mass is 463 g/mol. The van der Waals surface area contributed by atoms with Gasteiger partial charge in [0, 0.05) is 24.1 Å². The van der Waals surface area contributed by atoms with Crippen molar-refractivity contribution in [3.05, 3.63) is 64.7 Å². The predicted octanol–water partition coefficient (Wildman–Crippen LogP) is 3.65. The normalized spacial score (nSPS) is 17.8. The van der Waals surface area contributed by atoms with Crippen LogP contribution in [0, 0.1) is 0 Å². The molecule has 1 unspecified atom stereocenters. The van der Waals surface area contributed by atoms with E-state index >= 15 is 0 Å². The SMILES string of the molecule is CCCN(CCC)Cc1ccc(COc2cccc3c2CN(C2CCC(=O)NC2=O)C3=O)cc1. The smallest absolute Gasteiger partial charge is 0.255 e. The lowest BCUT2D eigenvalue weighted by atomic mass is 10.0. The first-order valence-corrected chi connectivity index (χ1v) is 12.2. The standard InChI is InChI=1S/C27H33N3O4/c1-3-14-29(15-4-2)16-19-8-10-20(11-9-19)18-34-24-7-5-6-21-22(24)17-30(27(21)33)23-12-13-25(31)28-26(23)32/h5-11,23H,3-4,12-18H2,1-2H3,(H,28,31,32). The van der Waals surface area contributed by atoms with Gasteiger partial charge in [-0.1, -0.05) is 44.2 Å². The zero-order valence-corrected chi connectivity index (χ0v) is 20.0. The third-order valence-corrected chi connectivity index (χ3v) is 6.44. The molecule has 4 rings (SSSR count). The van der Waals surface area contributed by atoms with Gasteiger partial charge in [0.05, 0.1) is 6.54 Å². The fraction of sp³-hybridized carbons (Fsp3) is 0.444. The second-order valence-corrected chi connectivity index (χ2v) is 9.06. The number of amides is 3. The fourth-order valence-electron chi connectivity index (χ4n) is 4.75. The van der Waals surface area contributed by atoms with Crippen LogP contribution < -0.4 is 10.1 Å². The molecule has 2 aromatic carbocycles. The first-order valence-electron chi connectivity index (χ1n) is 12.2. The number of carbonyl (C=O) groups is 3. The number of nitrogens with zero attached hydrogens (tertiary/aromatic N) is 2. The van der Waals surface area contributed by atoms with Crippen molar-refractivity contribution < 1.29 is 19.1 Å². The number of fused-ring (bicyclic) bond motifs is 1. The number of rotatable bonds is 10. The zero-order valence-electron chi connectivity index (χ0n) is 20.0. The van der Waals surface area contributed by atoms with E-state index in [2.05, 4.69) is 48.3 Å². The van der Waals surface area contributed by atoms with Crippen molar-refractivity contribution >= 4 is 17.7 Å². The Kier molecular flexibility index (Phi) is 7.63. The van der Waals surface area contributed by atoms with Crippen LogP contribution in [0.1, 0.15) is 66.6 Å². The predicted molar refractivity (Wildman–Crippen MR) is 129 cm³/mol. The van der Waals surface area contributed by atoms with E-state index < -0.39 is 11.9 Å². The average Bonchev–Trinajstić information content (AvgIpc) is 3.16. The zero-order chi connectivity index (χ0) is 24.1. The van der Waals surface area contributed by atoms with Crippen molar-refractivity contribution in [2.24, 2.45) is 0 Å². The van der Waals surface area contributed by atoms with Gasteiger partial charge in [-0.05, 0) is 55.6 Å². The number of hydrogen-bond donors (Lipinski definition) is 1. The lowest BCUT2D eigenvalue weighted by Gasteiger charge is -2.29. The molecule has 0 spiro atoms.